The van der Waals surface area contributed by atoms with Gasteiger partial charge in [-0.3, -0.25) is 4.79 Å². The summed E-state index contributed by atoms with van der Waals surface area (Å²) in [6, 6.07) is 5.77. The second-order valence-electron chi connectivity index (χ2n) is 3.28. The van der Waals surface area contributed by atoms with E-state index in [1.807, 2.05) is 18.2 Å². The minimum atomic E-state index is -0.846. The van der Waals surface area contributed by atoms with E-state index in [0.717, 1.165) is 22.2 Å². The summed E-state index contributed by atoms with van der Waals surface area (Å²) in [4.78, 5) is 10.3. The highest BCUT2D eigenvalue weighted by Crippen LogP contribution is 2.22. The molecule has 5 heteroatoms. The highest BCUT2D eigenvalue weighted by atomic mass is 79.9. The molecule has 0 unspecified atom stereocenters. The number of carboxylic acids is 1. The van der Waals surface area contributed by atoms with E-state index < -0.39 is 5.97 Å². The van der Waals surface area contributed by atoms with Crippen molar-refractivity contribution in [1.82, 2.24) is 5.32 Å². The van der Waals surface area contributed by atoms with Gasteiger partial charge in [-0.2, -0.15) is 0 Å². The summed E-state index contributed by atoms with van der Waals surface area (Å²) < 4.78 is 6.20. The van der Waals surface area contributed by atoms with Gasteiger partial charge in [-0.05, 0) is 36.7 Å². The van der Waals surface area contributed by atoms with Gasteiger partial charge in [-0.25, -0.2) is 0 Å². The summed E-state index contributed by atoms with van der Waals surface area (Å²) in [6.07, 6.45) is 0.732. The first-order valence-electron chi connectivity index (χ1n) is 4.88. The minimum Gasteiger partial charge on any atom is -0.496 e. The lowest BCUT2D eigenvalue weighted by Crippen LogP contribution is -2.24. The quantitative estimate of drug-likeness (QED) is 0.782. The predicted molar refractivity (Wildman–Crippen MR) is 64.9 cm³/mol. The molecule has 0 heterocycles. The number of hydrogen-bond donors (Lipinski definition) is 2. The Labute approximate surface area is 103 Å². The smallest absolute Gasteiger partial charge is 0.317 e. The number of nitrogens with one attached hydrogen (secondary N) is 1. The molecular formula is C11H14BrNO3. The van der Waals surface area contributed by atoms with Crippen LogP contribution in [0.4, 0.5) is 0 Å². The van der Waals surface area contributed by atoms with Crippen LogP contribution in [0.3, 0.4) is 0 Å². The second-order valence-corrected chi connectivity index (χ2v) is 4.19. The van der Waals surface area contributed by atoms with E-state index >= 15 is 0 Å². The highest BCUT2D eigenvalue weighted by Gasteiger charge is 2.03. The molecule has 1 rings (SSSR count). The van der Waals surface area contributed by atoms with Crippen LogP contribution in [-0.2, 0) is 11.2 Å². The van der Waals surface area contributed by atoms with Crippen molar-refractivity contribution in [1.29, 1.82) is 0 Å². The third-order valence-electron chi connectivity index (χ3n) is 2.09. The maximum Gasteiger partial charge on any atom is 0.317 e. The van der Waals surface area contributed by atoms with Crippen LogP contribution in [0, 0.1) is 0 Å². The van der Waals surface area contributed by atoms with Crippen molar-refractivity contribution in [2.24, 2.45) is 0 Å². The van der Waals surface area contributed by atoms with Gasteiger partial charge < -0.3 is 15.2 Å². The molecule has 0 amide bonds. The first-order chi connectivity index (χ1) is 7.63. The normalized spacial score (nSPS) is 10.1. The van der Waals surface area contributed by atoms with Gasteiger partial charge in [-0.15, -0.1) is 0 Å². The Balaban J connectivity index is 2.51. The summed E-state index contributed by atoms with van der Waals surface area (Å²) in [5.41, 5.74) is 1.05. The van der Waals surface area contributed by atoms with Crippen LogP contribution >= 0.6 is 15.9 Å². The molecule has 0 radical (unpaired) electrons. The number of carbonyl (C=O) groups is 1. The Bertz CT molecular complexity index is 368. The fraction of sp³-hybridized carbons (Fsp3) is 0.364. The van der Waals surface area contributed by atoms with Gasteiger partial charge in [0.05, 0.1) is 13.7 Å². The fourth-order valence-electron chi connectivity index (χ4n) is 1.36. The Morgan fingerprint density at radius 3 is 2.94 bits per heavy atom. The molecular weight excluding hydrogens is 274 g/mol. The third kappa shape index (κ3) is 4.20. The Hall–Kier alpha value is -1.07. The molecule has 0 bridgehead atoms. The largest absolute Gasteiger partial charge is 0.496 e. The van der Waals surface area contributed by atoms with Crippen LogP contribution in [0.5, 0.6) is 5.75 Å². The van der Waals surface area contributed by atoms with E-state index in [2.05, 4.69) is 21.2 Å². The second kappa shape index (κ2) is 6.50. The van der Waals surface area contributed by atoms with Crippen molar-refractivity contribution in [3.8, 4) is 5.75 Å². The van der Waals surface area contributed by atoms with Gasteiger partial charge >= 0.3 is 5.97 Å². The maximum atomic E-state index is 10.3. The highest BCUT2D eigenvalue weighted by molar-refractivity contribution is 9.10. The van der Waals surface area contributed by atoms with Crippen LogP contribution < -0.4 is 10.1 Å². The molecule has 0 aliphatic rings. The average molecular weight is 288 g/mol. The molecule has 0 aromatic heterocycles. The van der Waals surface area contributed by atoms with Gasteiger partial charge in [0.2, 0.25) is 0 Å². The molecule has 0 saturated heterocycles. The van der Waals surface area contributed by atoms with Gasteiger partial charge in [0, 0.05) is 4.47 Å². The van der Waals surface area contributed by atoms with E-state index in [9.17, 15) is 4.79 Å². The van der Waals surface area contributed by atoms with Crippen LogP contribution in [-0.4, -0.2) is 31.3 Å². The predicted octanol–water partition coefficient (Wildman–Crippen LogP) is 1.67. The first-order valence-corrected chi connectivity index (χ1v) is 5.67. The number of ether oxygens (including phenoxy) is 1. The van der Waals surface area contributed by atoms with Crippen molar-refractivity contribution in [3.05, 3.63) is 28.2 Å². The lowest BCUT2D eigenvalue weighted by molar-refractivity contribution is -0.135. The molecule has 1 aromatic rings. The number of carboxylic acid groups (broad SMARTS) is 1. The van der Waals surface area contributed by atoms with Crippen molar-refractivity contribution in [2.45, 2.75) is 6.42 Å². The number of rotatable bonds is 6. The van der Waals surface area contributed by atoms with E-state index in [1.54, 1.807) is 7.11 Å². The minimum absolute atomic E-state index is 0.0175. The van der Waals surface area contributed by atoms with Crippen LogP contribution in [0.15, 0.2) is 22.7 Å². The number of aliphatic carboxylic acids is 1. The molecule has 0 aliphatic carbocycles. The zero-order valence-corrected chi connectivity index (χ0v) is 10.6. The Morgan fingerprint density at radius 2 is 2.31 bits per heavy atom. The summed E-state index contributed by atoms with van der Waals surface area (Å²) in [5.74, 6) is -0.0264. The number of halogens is 1. The van der Waals surface area contributed by atoms with Gasteiger partial charge in [-0.1, -0.05) is 15.9 Å². The van der Waals surface area contributed by atoms with Gasteiger partial charge in [0.15, 0.2) is 0 Å². The maximum absolute atomic E-state index is 10.3. The average Bonchev–Trinajstić information content (AvgIpc) is 2.24. The molecule has 16 heavy (non-hydrogen) atoms. The van der Waals surface area contributed by atoms with Crippen molar-refractivity contribution >= 4 is 21.9 Å². The molecule has 0 fully saturated rings. The molecule has 4 nitrogen and oxygen atoms in total. The van der Waals surface area contributed by atoms with Gasteiger partial charge in [0.1, 0.15) is 5.75 Å². The molecule has 2 N–H and O–H groups in total. The zero-order valence-electron chi connectivity index (χ0n) is 9.00. The van der Waals surface area contributed by atoms with E-state index in [1.165, 1.54) is 0 Å². The lowest BCUT2D eigenvalue weighted by atomic mass is 10.1. The van der Waals surface area contributed by atoms with Crippen LogP contribution in [0.2, 0.25) is 0 Å². The molecule has 88 valence electrons. The van der Waals surface area contributed by atoms with Crippen molar-refractivity contribution in [3.63, 3.8) is 0 Å². The summed E-state index contributed by atoms with van der Waals surface area (Å²) in [6.45, 7) is 0.593. The molecule has 1 aromatic carbocycles. The molecule has 0 aliphatic heterocycles. The third-order valence-corrected chi connectivity index (χ3v) is 2.58. The number of benzene rings is 1. The van der Waals surface area contributed by atoms with E-state index in [0.29, 0.717) is 6.54 Å². The van der Waals surface area contributed by atoms with Crippen LogP contribution in [0.25, 0.3) is 0 Å². The number of methoxy groups -OCH3 is 1. The fourth-order valence-corrected chi connectivity index (χ4v) is 1.77. The molecule has 0 atom stereocenters. The molecule has 0 saturated carbocycles. The van der Waals surface area contributed by atoms with Crippen molar-refractivity contribution in [2.75, 3.05) is 20.2 Å². The van der Waals surface area contributed by atoms with E-state index in [-0.39, 0.29) is 6.54 Å². The SMILES string of the molecule is COc1ccc(Br)cc1CCNCC(=O)O. The monoisotopic (exact) mass is 287 g/mol. The molecule has 0 spiro atoms. The first kappa shape index (κ1) is 13.0. The topological polar surface area (TPSA) is 58.6 Å². The van der Waals surface area contributed by atoms with Gasteiger partial charge in [0.25, 0.3) is 0 Å². The van der Waals surface area contributed by atoms with E-state index in [4.69, 9.17) is 9.84 Å². The Kier molecular flexibility index (Phi) is 5.28. The van der Waals surface area contributed by atoms with Crippen molar-refractivity contribution < 1.29 is 14.6 Å². The lowest BCUT2D eigenvalue weighted by Gasteiger charge is -2.09. The summed E-state index contributed by atoms with van der Waals surface area (Å²) in [5, 5.41) is 11.3. The Morgan fingerprint density at radius 1 is 1.56 bits per heavy atom. The zero-order chi connectivity index (χ0) is 12.0. The summed E-state index contributed by atoms with van der Waals surface area (Å²) in [7, 11) is 1.62. The van der Waals surface area contributed by atoms with Crippen LogP contribution in [0.1, 0.15) is 5.56 Å². The summed E-state index contributed by atoms with van der Waals surface area (Å²) >= 11 is 3.39. The number of hydrogen-bond acceptors (Lipinski definition) is 3. The standard InChI is InChI=1S/C11H14BrNO3/c1-16-10-3-2-9(12)6-8(10)4-5-13-7-11(14)15/h2-3,6,13H,4-5,7H2,1H3,(H,14,15).